The fourth-order valence-electron chi connectivity index (χ4n) is 1.19. The van der Waals surface area contributed by atoms with Gasteiger partial charge < -0.3 is 10.8 Å². The van der Waals surface area contributed by atoms with Crippen molar-refractivity contribution < 1.29 is 9.90 Å². The highest BCUT2D eigenvalue weighted by Gasteiger charge is 2.10. The third-order valence-electron chi connectivity index (χ3n) is 1.86. The Morgan fingerprint density at radius 2 is 2.12 bits per heavy atom. The second-order valence-electron chi connectivity index (χ2n) is 3.02. The summed E-state index contributed by atoms with van der Waals surface area (Å²) in [6.45, 7) is 0. The molecule has 3 N–H and O–H groups in total. The first-order valence-corrected chi connectivity index (χ1v) is 4.46. The molecule has 2 heterocycles. The summed E-state index contributed by atoms with van der Waals surface area (Å²) in [6, 6.07) is 6.39. The van der Waals surface area contributed by atoms with Crippen molar-refractivity contribution in [1.82, 2.24) is 15.0 Å². The van der Waals surface area contributed by atoms with E-state index in [9.17, 15) is 4.79 Å². The van der Waals surface area contributed by atoms with E-state index in [-0.39, 0.29) is 17.3 Å². The third-order valence-corrected chi connectivity index (χ3v) is 1.86. The number of anilines is 1. The molecule has 0 amide bonds. The largest absolute Gasteiger partial charge is 0.477 e. The summed E-state index contributed by atoms with van der Waals surface area (Å²) >= 11 is 0. The van der Waals surface area contributed by atoms with Crippen LogP contribution in [0, 0.1) is 0 Å². The Morgan fingerprint density at radius 3 is 2.75 bits per heavy atom. The van der Waals surface area contributed by atoms with Crippen LogP contribution in [0.2, 0.25) is 0 Å². The van der Waals surface area contributed by atoms with Gasteiger partial charge in [0.2, 0.25) is 0 Å². The normalized spacial score (nSPS) is 10.0. The first kappa shape index (κ1) is 10.0. The molecule has 16 heavy (non-hydrogen) atoms. The van der Waals surface area contributed by atoms with Crippen LogP contribution in [0.5, 0.6) is 0 Å². The molecular weight excluding hydrogens is 208 g/mol. The SMILES string of the molecule is Nc1cc(C(=O)O)nc(-c2ccccn2)n1. The Hall–Kier alpha value is -2.50. The van der Waals surface area contributed by atoms with Gasteiger partial charge in [-0.2, -0.15) is 0 Å². The number of nitrogens with two attached hydrogens (primary N) is 1. The molecule has 0 aliphatic carbocycles. The van der Waals surface area contributed by atoms with Crippen molar-refractivity contribution in [3.05, 3.63) is 36.2 Å². The van der Waals surface area contributed by atoms with Gasteiger partial charge >= 0.3 is 5.97 Å². The van der Waals surface area contributed by atoms with Crippen LogP contribution in [0.15, 0.2) is 30.5 Å². The molecule has 0 unspecified atom stereocenters. The molecule has 0 bridgehead atoms. The Morgan fingerprint density at radius 1 is 1.31 bits per heavy atom. The molecule has 80 valence electrons. The van der Waals surface area contributed by atoms with Crippen molar-refractivity contribution in [2.24, 2.45) is 0 Å². The second kappa shape index (κ2) is 3.93. The van der Waals surface area contributed by atoms with E-state index in [1.54, 1.807) is 24.4 Å². The Labute approximate surface area is 90.8 Å². The van der Waals surface area contributed by atoms with E-state index in [2.05, 4.69) is 15.0 Å². The van der Waals surface area contributed by atoms with Crippen molar-refractivity contribution in [3.8, 4) is 11.5 Å². The van der Waals surface area contributed by atoms with Crippen LogP contribution in [0.1, 0.15) is 10.5 Å². The molecule has 6 nitrogen and oxygen atoms in total. The first-order valence-electron chi connectivity index (χ1n) is 4.46. The molecule has 0 fully saturated rings. The van der Waals surface area contributed by atoms with E-state index >= 15 is 0 Å². The maximum atomic E-state index is 10.8. The number of rotatable bonds is 2. The number of carboxylic acid groups (broad SMARTS) is 1. The summed E-state index contributed by atoms with van der Waals surface area (Å²) in [6.07, 6.45) is 1.57. The van der Waals surface area contributed by atoms with E-state index in [0.717, 1.165) is 0 Å². The lowest BCUT2D eigenvalue weighted by atomic mass is 10.3. The minimum atomic E-state index is -1.15. The minimum Gasteiger partial charge on any atom is -0.477 e. The zero-order valence-corrected chi connectivity index (χ0v) is 8.16. The number of carboxylic acids is 1. The standard InChI is InChI=1S/C10H8N4O2/c11-8-5-7(10(15)16)13-9(14-8)6-3-1-2-4-12-6/h1-5H,(H,15,16)(H2,11,13,14). The number of aromatic nitrogens is 3. The lowest BCUT2D eigenvalue weighted by Crippen LogP contribution is -2.06. The van der Waals surface area contributed by atoms with Gasteiger partial charge in [0.15, 0.2) is 11.5 Å². The smallest absolute Gasteiger partial charge is 0.354 e. The molecule has 2 rings (SSSR count). The van der Waals surface area contributed by atoms with Crippen LogP contribution in [-0.4, -0.2) is 26.0 Å². The van der Waals surface area contributed by atoms with Crippen LogP contribution in [0.3, 0.4) is 0 Å². The molecule has 0 saturated carbocycles. The van der Waals surface area contributed by atoms with Gasteiger partial charge in [-0.15, -0.1) is 0 Å². The molecule has 0 aliphatic heterocycles. The zero-order chi connectivity index (χ0) is 11.5. The molecule has 0 radical (unpaired) electrons. The molecule has 0 spiro atoms. The quantitative estimate of drug-likeness (QED) is 0.770. The lowest BCUT2D eigenvalue weighted by molar-refractivity contribution is 0.0690. The molecule has 6 heteroatoms. The zero-order valence-electron chi connectivity index (χ0n) is 8.16. The molecule has 2 aromatic rings. The van der Waals surface area contributed by atoms with Crippen LogP contribution in [0.25, 0.3) is 11.5 Å². The van der Waals surface area contributed by atoms with E-state index in [1.807, 2.05) is 0 Å². The molecule has 0 saturated heterocycles. The first-order chi connectivity index (χ1) is 7.66. The Bertz CT molecular complexity index is 528. The van der Waals surface area contributed by atoms with E-state index in [0.29, 0.717) is 5.69 Å². The predicted octanol–water partition coefficient (Wildman–Crippen LogP) is 0.819. The fourth-order valence-corrected chi connectivity index (χ4v) is 1.19. The summed E-state index contributed by atoms with van der Waals surface area (Å²) in [5.41, 5.74) is 5.83. The van der Waals surface area contributed by atoms with Gasteiger partial charge in [0, 0.05) is 12.3 Å². The second-order valence-corrected chi connectivity index (χ2v) is 3.02. The number of nitrogens with zero attached hydrogens (tertiary/aromatic N) is 3. The van der Waals surface area contributed by atoms with Crippen molar-refractivity contribution >= 4 is 11.8 Å². The molecular formula is C10H8N4O2. The number of aromatic carboxylic acids is 1. The third kappa shape index (κ3) is 1.95. The van der Waals surface area contributed by atoms with Gasteiger partial charge in [-0.3, -0.25) is 4.98 Å². The lowest BCUT2D eigenvalue weighted by Gasteiger charge is -2.01. The number of hydrogen-bond donors (Lipinski definition) is 2. The van der Waals surface area contributed by atoms with Crippen molar-refractivity contribution in [1.29, 1.82) is 0 Å². The number of carbonyl (C=O) groups is 1. The van der Waals surface area contributed by atoms with Gasteiger partial charge in [-0.25, -0.2) is 14.8 Å². The van der Waals surface area contributed by atoms with Crippen LogP contribution in [0.4, 0.5) is 5.82 Å². The summed E-state index contributed by atoms with van der Waals surface area (Å²) in [5, 5.41) is 8.81. The minimum absolute atomic E-state index is 0.105. The Balaban J connectivity index is 2.54. The van der Waals surface area contributed by atoms with Crippen molar-refractivity contribution in [2.45, 2.75) is 0 Å². The van der Waals surface area contributed by atoms with Crippen molar-refractivity contribution in [2.75, 3.05) is 5.73 Å². The van der Waals surface area contributed by atoms with E-state index in [1.165, 1.54) is 6.07 Å². The fraction of sp³-hybridized carbons (Fsp3) is 0. The van der Waals surface area contributed by atoms with E-state index in [4.69, 9.17) is 10.8 Å². The highest BCUT2D eigenvalue weighted by molar-refractivity contribution is 5.86. The maximum absolute atomic E-state index is 10.8. The molecule has 0 aromatic carbocycles. The summed E-state index contributed by atoms with van der Waals surface area (Å²) in [5.74, 6) is -0.836. The van der Waals surface area contributed by atoms with Crippen LogP contribution < -0.4 is 5.73 Å². The van der Waals surface area contributed by atoms with Gasteiger partial charge in [-0.1, -0.05) is 6.07 Å². The topological polar surface area (TPSA) is 102 Å². The van der Waals surface area contributed by atoms with Gasteiger partial charge in [0.05, 0.1) is 0 Å². The van der Waals surface area contributed by atoms with Crippen LogP contribution >= 0.6 is 0 Å². The van der Waals surface area contributed by atoms with Crippen LogP contribution in [-0.2, 0) is 0 Å². The van der Waals surface area contributed by atoms with Gasteiger partial charge in [-0.05, 0) is 12.1 Å². The number of pyridine rings is 1. The van der Waals surface area contributed by atoms with E-state index < -0.39 is 5.97 Å². The Kier molecular flexibility index (Phi) is 2.47. The summed E-state index contributed by atoms with van der Waals surface area (Å²) in [7, 11) is 0. The summed E-state index contributed by atoms with van der Waals surface area (Å²) < 4.78 is 0. The van der Waals surface area contributed by atoms with Gasteiger partial charge in [0.1, 0.15) is 11.5 Å². The van der Waals surface area contributed by atoms with Crippen molar-refractivity contribution in [3.63, 3.8) is 0 Å². The predicted molar refractivity (Wildman–Crippen MR) is 56.6 cm³/mol. The monoisotopic (exact) mass is 216 g/mol. The molecule has 0 aliphatic rings. The summed E-state index contributed by atoms with van der Waals surface area (Å²) in [4.78, 5) is 22.6. The molecule has 0 atom stereocenters. The highest BCUT2D eigenvalue weighted by atomic mass is 16.4. The molecule has 2 aromatic heterocycles. The number of nitrogen functional groups attached to an aromatic ring is 1. The number of hydrogen-bond acceptors (Lipinski definition) is 5. The highest BCUT2D eigenvalue weighted by Crippen LogP contribution is 2.13. The average Bonchev–Trinajstić information content (AvgIpc) is 2.29. The maximum Gasteiger partial charge on any atom is 0.354 e. The average molecular weight is 216 g/mol. The van der Waals surface area contributed by atoms with Gasteiger partial charge in [0.25, 0.3) is 0 Å².